The first-order valence-electron chi connectivity index (χ1n) is 8.32. The Hall–Kier alpha value is -1.86. The van der Waals surface area contributed by atoms with Crippen molar-refractivity contribution in [3.05, 3.63) is 105 Å². The van der Waals surface area contributed by atoms with Crippen molar-refractivity contribution < 1.29 is 0 Å². The van der Waals surface area contributed by atoms with E-state index in [0.29, 0.717) is 23.7 Å². The van der Waals surface area contributed by atoms with Crippen LogP contribution in [0, 0.1) is 5.92 Å². The van der Waals surface area contributed by atoms with E-state index in [-0.39, 0.29) is 0 Å². The molecule has 3 aromatic carbocycles. The van der Waals surface area contributed by atoms with Gasteiger partial charge in [-0.05, 0) is 45.4 Å². The smallest absolute Gasteiger partial charge is 0.0216 e. The summed E-state index contributed by atoms with van der Waals surface area (Å²) in [5.41, 5.74) is 9.29. The molecule has 0 aliphatic heterocycles. The predicted octanol–water partition coefficient (Wildman–Crippen LogP) is 5.80. The maximum Gasteiger partial charge on any atom is 0.0216 e. The third-order valence-electron chi connectivity index (χ3n) is 6.22. The van der Waals surface area contributed by atoms with E-state index in [1.165, 1.54) is 10.0 Å². The largest absolute Gasteiger partial charge is 0.0620 e. The van der Waals surface area contributed by atoms with Gasteiger partial charge in [-0.25, -0.2) is 0 Å². The van der Waals surface area contributed by atoms with Crippen molar-refractivity contribution in [3.8, 4) is 0 Å². The fourth-order valence-electron chi connectivity index (χ4n) is 5.60. The van der Waals surface area contributed by atoms with E-state index >= 15 is 0 Å². The zero-order valence-electron chi connectivity index (χ0n) is 12.5. The van der Waals surface area contributed by atoms with Crippen LogP contribution in [-0.4, -0.2) is 0 Å². The first kappa shape index (κ1) is 12.5. The van der Waals surface area contributed by atoms with Gasteiger partial charge in [-0.1, -0.05) is 76.6 Å². The monoisotopic (exact) mass is 358 g/mol. The summed E-state index contributed by atoms with van der Waals surface area (Å²) < 4.78 is 1.28. The Balaban J connectivity index is 1.77. The molecule has 0 spiro atoms. The second-order valence-electron chi connectivity index (χ2n) is 7.01. The Morgan fingerprint density at radius 2 is 1.00 bits per heavy atom. The lowest BCUT2D eigenvalue weighted by atomic mass is 9.86. The summed E-state index contributed by atoms with van der Waals surface area (Å²) in [5, 5.41) is 0. The summed E-state index contributed by atoms with van der Waals surface area (Å²) in [4.78, 5) is 0. The lowest BCUT2D eigenvalue weighted by Gasteiger charge is -2.16. The van der Waals surface area contributed by atoms with Crippen LogP contribution in [0.1, 0.15) is 51.1 Å². The molecule has 0 amide bonds. The first-order valence-corrected chi connectivity index (χ1v) is 9.11. The van der Waals surface area contributed by atoms with Crippen LogP contribution in [-0.2, 0) is 0 Å². The minimum absolute atomic E-state index is 0.541. The molecule has 23 heavy (non-hydrogen) atoms. The summed E-state index contributed by atoms with van der Waals surface area (Å²) in [6.07, 6.45) is 0. The van der Waals surface area contributed by atoms with E-state index in [4.69, 9.17) is 0 Å². The number of hydrogen-bond donors (Lipinski definition) is 0. The Kier molecular flexibility index (Phi) is 2.27. The SMILES string of the molecule is Brc1cccc2c1C1c3ccccc3C3c4ccccc4C2C31. The molecule has 110 valence electrons. The van der Waals surface area contributed by atoms with Crippen LogP contribution >= 0.6 is 15.9 Å². The fourth-order valence-corrected chi connectivity index (χ4v) is 6.23. The van der Waals surface area contributed by atoms with E-state index in [9.17, 15) is 0 Å². The normalized spacial score (nSPS) is 28.2. The van der Waals surface area contributed by atoms with E-state index < -0.39 is 0 Å². The summed E-state index contributed by atoms with van der Waals surface area (Å²) in [5.74, 6) is 2.33. The highest BCUT2D eigenvalue weighted by Gasteiger charge is 2.57. The maximum absolute atomic E-state index is 3.85. The Bertz CT molecular complexity index is 965. The highest BCUT2D eigenvalue weighted by Crippen LogP contribution is 2.69. The molecule has 4 unspecified atom stereocenters. The molecule has 0 N–H and O–H groups in total. The second kappa shape index (κ2) is 4.15. The number of fused-ring (bicyclic) bond motifs is 9. The van der Waals surface area contributed by atoms with Crippen LogP contribution in [0.5, 0.6) is 0 Å². The molecule has 0 saturated carbocycles. The minimum atomic E-state index is 0.541. The topological polar surface area (TPSA) is 0 Å². The molecule has 0 nitrogen and oxygen atoms in total. The molecular formula is C22H15Br. The summed E-state index contributed by atoms with van der Waals surface area (Å²) in [7, 11) is 0. The van der Waals surface area contributed by atoms with E-state index in [1.54, 1.807) is 27.8 Å². The molecule has 0 fully saturated rings. The van der Waals surface area contributed by atoms with Crippen molar-refractivity contribution in [2.45, 2.75) is 17.8 Å². The molecule has 1 heteroatoms. The summed E-state index contributed by atoms with van der Waals surface area (Å²) in [6, 6.07) is 25.0. The second-order valence-corrected chi connectivity index (χ2v) is 7.87. The average molecular weight is 359 g/mol. The van der Waals surface area contributed by atoms with Crippen molar-refractivity contribution in [1.82, 2.24) is 0 Å². The molecule has 3 aliphatic rings. The number of rotatable bonds is 0. The van der Waals surface area contributed by atoms with Gasteiger partial charge >= 0.3 is 0 Å². The van der Waals surface area contributed by atoms with Gasteiger partial charge in [0.05, 0.1) is 0 Å². The highest BCUT2D eigenvalue weighted by molar-refractivity contribution is 9.10. The molecule has 3 aliphatic carbocycles. The van der Waals surface area contributed by atoms with E-state index in [2.05, 4.69) is 82.7 Å². The minimum Gasteiger partial charge on any atom is -0.0620 e. The van der Waals surface area contributed by atoms with Crippen molar-refractivity contribution in [2.24, 2.45) is 5.92 Å². The quantitative estimate of drug-likeness (QED) is 0.476. The van der Waals surface area contributed by atoms with E-state index in [1.807, 2.05) is 0 Å². The fraction of sp³-hybridized carbons (Fsp3) is 0.182. The molecular weight excluding hydrogens is 344 g/mol. The Morgan fingerprint density at radius 3 is 1.61 bits per heavy atom. The highest BCUT2D eigenvalue weighted by atomic mass is 79.9. The summed E-state index contributed by atoms with van der Waals surface area (Å²) >= 11 is 3.85. The maximum atomic E-state index is 3.85. The molecule has 0 aromatic heterocycles. The van der Waals surface area contributed by atoms with Gasteiger partial charge in [-0.2, -0.15) is 0 Å². The van der Waals surface area contributed by atoms with Crippen LogP contribution in [0.15, 0.2) is 71.2 Å². The molecule has 4 atom stereocenters. The number of halogens is 1. The molecule has 0 radical (unpaired) electrons. The van der Waals surface area contributed by atoms with E-state index in [0.717, 1.165) is 0 Å². The van der Waals surface area contributed by atoms with Gasteiger partial charge in [0.1, 0.15) is 0 Å². The third-order valence-corrected chi connectivity index (χ3v) is 6.91. The molecule has 6 rings (SSSR count). The van der Waals surface area contributed by atoms with Gasteiger partial charge in [0, 0.05) is 22.2 Å². The molecule has 3 aromatic rings. The Labute approximate surface area is 144 Å². The number of hydrogen-bond acceptors (Lipinski definition) is 0. The molecule has 0 saturated heterocycles. The van der Waals surface area contributed by atoms with Crippen molar-refractivity contribution in [2.75, 3.05) is 0 Å². The number of benzene rings is 3. The lowest BCUT2D eigenvalue weighted by molar-refractivity contribution is 0.486. The van der Waals surface area contributed by atoms with Crippen LogP contribution in [0.3, 0.4) is 0 Å². The molecule has 0 bridgehead atoms. The van der Waals surface area contributed by atoms with Crippen LogP contribution in [0.4, 0.5) is 0 Å². The van der Waals surface area contributed by atoms with Crippen LogP contribution in [0.2, 0.25) is 0 Å². The predicted molar refractivity (Wildman–Crippen MR) is 96.0 cm³/mol. The van der Waals surface area contributed by atoms with Gasteiger partial charge < -0.3 is 0 Å². The molecule has 0 heterocycles. The van der Waals surface area contributed by atoms with Gasteiger partial charge in [0.2, 0.25) is 0 Å². The zero-order valence-corrected chi connectivity index (χ0v) is 14.1. The van der Waals surface area contributed by atoms with Gasteiger partial charge in [0.25, 0.3) is 0 Å². The first-order chi connectivity index (χ1) is 11.4. The third kappa shape index (κ3) is 1.35. The van der Waals surface area contributed by atoms with Crippen molar-refractivity contribution >= 4 is 15.9 Å². The zero-order chi connectivity index (χ0) is 15.1. The van der Waals surface area contributed by atoms with Gasteiger partial charge in [0.15, 0.2) is 0 Å². The van der Waals surface area contributed by atoms with Gasteiger partial charge in [-0.3, -0.25) is 0 Å². The van der Waals surface area contributed by atoms with Crippen molar-refractivity contribution in [1.29, 1.82) is 0 Å². The van der Waals surface area contributed by atoms with Gasteiger partial charge in [-0.15, -0.1) is 0 Å². The van der Waals surface area contributed by atoms with Crippen LogP contribution < -0.4 is 0 Å². The van der Waals surface area contributed by atoms with Crippen molar-refractivity contribution in [3.63, 3.8) is 0 Å². The standard InChI is InChI=1S/C22H15Br/c23-17-11-5-10-16-19-13-7-2-1-6-12(13)18-14-8-3-4-9-15(14)21(20(16)17)22(18)19/h1-11,18-19,21-22H. The average Bonchev–Trinajstić information content (AvgIpc) is 3.19. The lowest BCUT2D eigenvalue weighted by Crippen LogP contribution is -2.07. The van der Waals surface area contributed by atoms with Crippen LogP contribution in [0.25, 0.3) is 0 Å². The Morgan fingerprint density at radius 1 is 0.522 bits per heavy atom. The summed E-state index contributed by atoms with van der Waals surface area (Å²) in [6.45, 7) is 0.